The molecule has 0 unspecified atom stereocenters. The molecule has 4 aromatic rings. The molecule has 0 bridgehead atoms. The van der Waals surface area contributed by atoms with Crippen molar-refractivity contribution in [3.05, 3.63) is 84.6 Å². The van der Waals surface area contributed by atoms with Crippen LogP contribution in [0.15, 0.2) is 78.2 Å². The summed E-state index contributed by atoms with van der Waals surface area (Å²) in [6.07, 6.45) is 3.57. The first-order chi connectivity index (χ1) is 14.1. The van der Waals surface area contributed by atoms with Gasteiger partial charge in [-0.2, -0.15) is 5.10 Å². The molecule has 0 aliphatic heterocycles. The van der Waals surface area contributed by atoms with E-state index in [1.165, 1.54) is 23.9 Å². The second kappa shape index (κ2) is 8.32. The van der Waals surface area contributed by atoms with Crippen molar-refractivity contribution in [3.63, 3.8) is 0 Å². The Morgan fingerprint density at radius 2 is 1.86 bits per heavy atom. The number of thioether (sulfide) groups is 1. The summed E-state index contributed by atoms with van der Waals surface area (Å²) in [5, 5.41) is 7.99. The van der Waals surface area contributed by atoms with E-state index in [9.17, 15) is 9.18 Å². The molecule has 2 aromatic carbocycles. The number of carbonyl (C=O) groups is 1. The molecule has 0 aliphatic rings. The van der Waals surface area contributed by atoms with Crippen LogP contribution >= 0.6 is 11.8 Å². The molecule has 1 amide bonds. The van der Waals surface area contributed by atoms with E-state index < -0.39 is 0 Å². The van der Waals surface area contributed by atoms with Crippen molar-refractivity contribution in [1.29, 1.82) is 0 Å². The Morgan fingerprint density at radius 3 is 2.62 bits per heavy atom. The number of para-hydroxylation sites is 1. The van der Waals surface area contributed by atoms with Crippen LogP contribution in [0.3, 0.4) is 0 Å². The number of halogens is 1. The number of hydrogen-bond acceptors (Lipinski definition) is 4. The molecule has 8 heteroatoms. The topological polar surface area (TPSA) is 64.7 Å². The summed E-state index contributed by atoms with van der Waals surface area (Å²) in [5.74, 6) is 0.220. The van der Waals surface area contributed by atoms with Gasteiger partial charge in [-0.1, -0.05) is 30.0 Å². The highest BCUT2D eigenvalue weighted by Crippen LogP contribution is 2.22. The molecule has 0 spiro atoms. The van der Waals surface area contributed by atoms with Gasteiger partial charge in [0.2, 0.25) is 5.91 Å². The monoisotopic (exact) mass is 407 g/mol. The van der Waals surface area contributed by atoms with Gasteiger partial charge in [0, 0.05) is 24.1 Å². The van der Waals surface area contributed by atoms with Crippen molar-refractivity contribution in [1.82, 2.24) is 19.3 Å². The van der Waals surface area contributed by atoms with Crippen molar-refractivity contribution in [3.8, 4) is 11.4 Å². The van der Waals surface area contributed by atoms with Crippen molar-refractivity contribution >= 4 is 23.5 Å². The second-order valence-corrected chi connectivity index (χ2v) is 7.25. The van der Waals surface area contributed by atoms with Crippen LogP contribution in [0.5, 0.6) is 0 Å². The molecule has 1 N–H and O–H groups in total. The number of amides is 1. The van der Waals surface area contributed by atoms with E-state index in [4.69, 9.17) is 0 Å². The van der Waals surface area contributed by atoms with Crippen molar-refractivity contribution in [2.45, 2.75) is 12.1 Å². The maximum absolute atomic E-state index is 13.2. The molecular weight excluding hydrogens is 389 g/mol. The number of carbonyl (C=O) groups excluding carboxylic acids is 1. The first-order valence-electron chi connectivity index (χ1n) is 8.94. The third kappa shape index (κ3) is 4.38. The Kier molecular flexibility index (Phi) is 5.44. The van der Waals surface area contributed by atoms with Crippen LogP contribution in [0.2, 0.25) is 0 Å². The average molecular weight is 407 g/mol. The van der Waals surface area contributed by atoms with Crippen LogP contribution in [0.25, 0.3) is 11.4 Å². The lowest BCUT2D eigenvalue weighted by molar-refractivity contribution is -0.113. The molecule has 2 heterocycles. The molecule has 4 rings (SSSR count). The van der Waals surface area contributed by atoms with E-state index in [0.29, 0.717) is 11.5 Å². The number of aromatic nitrogens is 4. The first kappa shape index (κ1) is 18.9. The fraction of sp³-hybridized carbons (Fsp3) is 0.0952. The smallest absolute Gasteiger partial charge is 0.236 e. The zero-order chi connectivity index (χ0) is 20.2. The minimum Gasteiger partial charge on any atom is -0.310 e. The number of nitrogens with one attached hydrogen (secondary N) is 1. The summed E-state index contributed by atoms with van der Waals surface area (Å²) < 4.78 is 16.7. The third-order valence-electron chi connectivity index (χ3n) is 4.14. The van der Waals surface area contributed by atoms with Gasteiger partial charge in [0.1, 0.15) is 11.6 Å². The maximum Gasteiger partial charge on any atom is 0.236 e. The van der Waals surface area contributed by atoms with Gasteiger partial charge in [0.15, 0.2) is 5.16 Å². The molecule has 29 heavy (non-hydrogen) atoms. The Labute approximate surface area is 171 Å². The molecule has 0 radical (unpaired) electrons. The summed E-state index contributed by atoms with van der Waals surface area (Å²) in [4.78, 5) is 16.9. The number of rotatable bonds is 6. The van der Waals surface area contributed by atoms with Crippen molar-refractivity contribution < 1.29 is 9.18 Å². The zero-order valence-corrected chi connectivity index (χ0v) is 16.4. The lowest BCUT2D eigenvalue weighted by atomic mass is 10.3. The highest BCUT2D eigenvalue weighted by atomic mass is 32.2. The van der Waals surface area contributed by atoms with Crippen LogP contribution < -0.4 is 5.32 Å². The number of anilines is 1. The van der Waals surface area contributed by atoms with Crippen LogP contribution in [0.1, 0.15) is 5.69 Å². The predicted molar refractivity (Wildman–Crippen MR) is 111 cm³/mol. The van der Waals surface area contributed by atoms with Gasteiger partial charge in [-0.15, -0.1) is 0 Å². The fourth-order valence-corrected chi connectivity index (χ4v) is 3.63. The van der Waals surface area contributed by atoms with Crippen LogP contribution in [0, 0.1) is 12.7 Å². The zero-order valence-electron chi connectivity index (χ0n) is 15.6. The third-order valence-corrected chi connectivity index (χ3v) is 5.11. The van der Waals surface area contributed by atoms with E-state index in [0.717, 1.165) is 16.5 Å². The second-order valence-electron chi connectivity index (χ2n) is 6.31. The van der Waals surface area contributed by atoms with Gasteiger partial charge in [-0.25, -0.2) is 14.1 Å². The summed E-state index contributed by atoms with van der Waals surface area (Å²) >= 11 is 1.35. The van der Waals surface area contributed by atoms with Crippen molar-refractivity contribution in [2.24, 2.45) is 0 Å². The van der Waals surface area contributed by atoms with Gasteiger partial charge in [0.05, 0.1) is 17.1 Å². The Hall–Kier alpha value is -3.39. The summed E-state index contributed by atoms with van der Waals surface area (Å²) in [6, 6.07) is 17.5. The molecule has 0 aliphatic carbocycles. The molecule has 0 atom stereocenters. The highest BCUT2D eigenvalue weighted by Gasteiger charge is 2.13. The maximum atomic E-state index is 13.2. The van der Waals surface area contributed by atoms with Gasteiger partial charge in [-0.05, 0) is 43.3 Å². The number of imidazole rings is 1. The molecule has 2 aromatic heterocycles. The lowest BCUT2D eigenvalue weighted by Crippen LogP contribution is -2.17. The van der Waals surface area contributed by atoms with Gasteiger partial charge in [-0.3, -0.25) is 9.36 Å². The highest BCUT2D eigenvalue weighted by molar-refractivity contribution is 7.99. The summed E-state index contributed by atoms with van der Waals surface area (Å²) in [5.41, 5.74) is 2.40. The molecular formula is C21H18FN5OS. The minimum atomic E-state index is -0.325. The average Bonchev–Trinajstić information content (AvgIpc) is 3.34. The van der Waals surface area contributed by atoms with Crippen molar-refractivity contribution in [2.75, 3.05) is 11.1 Å². The SMILES string of the molecule is Cc1cc(NC(=O)CSc2nccn2-c2ccccc2)n(-c2ccc(F)cc2)n1. The van der Waals surface area contributed by atoms with Crippen LogP contribution in [-0.4, -0.2) is 31.0 Å². The van der Waals surface area contributed by atoms with Gasteiger partial charge < -0.3 is 5.32 Å². The van der Waals surface area contributed by atoms with E-state index in [1.54, 1.807) is 29.1 Å². The minimum absolute atomic E-state index is 0.180. The number of benzene rings is 2. The van der Waals surface area contributed by atoms with Crippen LogP contribution in [-0.2, 0) is 4.79 Å². The van der Waals surface area contributed by atoms with E-state index in [-0.39, 0.29) is 17.5 Å². The largest absolute Gasteiger partial charge is 0.310 e. The molecule has 6 nitrogen and oxygen atoms in total. The molecule has 0 saturated heterocycles. The number of aryl methyl sites for hydroxylation is 1. The van der Waals surface area contributed by atoms with E-state index >= 15 is 0 Å². The first-order valence-corrected chi connectivity index (χ1v) is 9.93. The molecule has 0 saturated carbocycles. The predicted octanol–water partition coefficient (Wildman–Crippen LogP) is 4.24. The fourth-order valence-electron chi connectivity index (χ4n) is 2.86. The lowest BCUT2D eigenvalue weighted by Gasteiger charge is -2.10. The summed E-state index contributed by atoms with van der Waals surface area (Å²) in [6.45, 7) is 1.83. The van der Waals surface area contributed by atoms with E-state index in [1.807, 2.05) is 48.0 Å². The Balaban J connectivity index is 1.45. The summed E-state index contributed by atoms with van der Waals surface area (Å²) in [7, 11) is 0. The standard InChI is InChI=1S/C21H18FN5OS/c1-15-13-19(27(25-15)18-9-7-16(22)8-10-18)24-20(28)14-29-21-23-11-12-26(21)17-5-3-2-4-6-17/h2-13H,14H2,1H3,(H,24,28). The Bertz CT molecular complexity index is 1120. The van der Waals surface area contributed by atoms with E-state index in [2.05, 4.69) is 15.4 Å². The Morgan fingerprint density at radius 1 is 1.10 bits per heavy atom. The van der Waals surface area contributed by atoms with Gasteiger partial charge in [0.25, 0.3) is 0 Å². The molecule has 0 fully saturated rings. The quantitative estimate of drug-likeness (QED) is 0.486. The number of nitrogens with zero attached hydrogens (tertiary/aromatic N) is 4. The number of hydrogen-bond donors (Lipinski definition) is 1. The molecule has 146 valence electrons. The normalized spacial score (nSPS) is 10.8. The van der Waals surface area contributed by atoms with Crippen LogP contribution in [0.4, 0.5) is 10.2 Å². The van der Waals surface area contributed by atoms with Gasteiger partial charge >= 0.3 is 0 Å².